The van der Waals surface area contributed by atoms with E-state index in [2.05, 4.69) is 22.5 Å². The maximum atomic E-state index is 9.40. The molecule has 0 unspecified atom stereocenters. The van der Waals surface area contributed by atoms with E-state index in [1.54, 1.807) is 12.2 Å². The van der Waals surface area contributed by atoms with Gasteiger partial charge in [-0.2, -0.15) is 0 Å². The Labute approximate surface area is 92.9 Å². The van der Waals surface area contributed by atoms with Gasteiger partial charge in [-0.25, -0.2) is 0 Å². The quantitative estimate of drug-likeness (QED) is 0.815. The number of hydrogen-bond acceptors (Lipinski definition) is 1. The first-order valence-corrected chi connectivity index (χ1v) is 5.24. The summed E-state index contributed by atoms with van der Waals surface area (Å²) in [4.78, 5) is 0. The summed E-state index contributed by atoms with van der Waals surface area (Å²) >= 11 is 3.36. The van der Waals surface area contributed by atoms with E-state index in [1.165, 1.54) is 0 Å². The fraction of sp³-hybridized carbons (Fsp3) is 0.167. The molecular formula is C12H13BrO. The van der Waals surface area contributed by atoms with Gasteiger partial charge in [0.25, 0.3) is 0 Å². The van der Waals surface area contributed by atoms with E-state index >= 15 is 0 Å². The zero-order valence-electron chi connectivity index (χ0n) is 7.86. The molecule has 1 nitrogen and oxygen atoms in total. The molecule has 0 saturated carbocycles. The molecule has 0 saturated heterocycles. The number of aliphatic hydroxyl groups is 1. The summed E-state index contributed by atoms with van der Waals surface area (Å²) < 4.78 is 1.06. The predicted octanol–water partition coefficient (Wildman–Crippen LogP) is 3.40. The van der Waals surface area contributed by atoms with Gasteiger partial charge in [0.05, 0.1) is 6.10 Å². The van der Waals surface area contributed by atoms with Gasteiger partial charge in [0.2, 0.25) is 0 Å². The van der Waals surface area contributed by atoms with Crippen LogP contribution in [0.5, 0.6) is 0 Å². The fourth-order valence-electron chi connectivity index (χ4n) is 1.05. The third-order valence-corrected chi connectivity index (χ3v) is 2.32. The Morgan fingerprint density at radius 2 is 2.00 bits per heavy atom. The van der Waals surface area contributed by atoms with Gasteiger partial charge >= 0.3 is 0 Å². The van der Waals surface area contributed by atoms with Crippen molar-refractivity contribution in [3.05, 3.63) is 53.0 Å². The standard InChI is InChI=1S/C12H13BrO/c1-2-3-12(14)9-6-10-4-7-11(13)8-5-10/h2,4-9,12,14H,1,3H2/b9-6+/t12-/m0/s1. The van der Waals surface area contributed by atoms with E-state index in [0.29, 0.717) is 6.42 Å². The van der Waals surface area contributed by atoms with Crippen molar-refractivity contribution in [2.45, 2.75) is 12.5 Å². The summed E-state index contributed by atoms with van der Waals surface area (Å²) in [5.74, 6) is 0. The van der Waals surface area contributed by atoms with Crippen LogP contribution in [-0.2, 0) is 0 Å². The Bertz CT molecular complexity index is 314. The summed E-state index contributed by atoms with van der Waals surface area (Å²) in [6.45, 7) is 3.57. The predicted molar refractivity (Wildman–Crippen MR) is 64.0 cm³/mol. The second-order valence-electron chi connectivity index (χ2n) is 3.00. The molecule has 0 aliphatic carbocycles. The molecule has 0 fully saturated rings. The van der Waals surface area contributed by atoms with Crippen LogP contribution in [-0.4, -0.2) is 11.2 Å². The van der Waals surface area contributed by atoms with Gasteiger partial charge in [0, 0.05) is 4.47 Å². The van der Waals surface area contributed by atoms with Gasteiger partial charge < -0.3 is 5.11 Å². The van der Waals surface area contributed by atoms with E-state index in [4.69, 9.17) is 0 Å². The molecule has 0 bridgehead atoms. The lowest BCUT2D eigenvalue weighted by molar-refractivity contribution is 0.228. The Balaban J connectivity index is 2.59. The van der Waals surface area contributed by atoms with Crippen molar-refractivity contribution in [1.82, 2.24) is 0 Å². The fourth-order valence-corrected chi connectivity index (χ4v) is 1.31. The molecule has 0 aliphatic rings. The van der Waals surface area contributed by atoms with Crippen LogP contribution in [0.2, 0.25) is 0 Å². The minimum Gasteiger partial charge on any atom is -0.389 e. The van der Waals surface area contributed by atoms with Gasteiger partial charge in [-0.1, -0.05) is 46.3 Å². The lowest BCUT2D eigenvalue weighted by atomic mass is 10.1. The van der Waals surface area contributed by atoms with E-state index in [9.17, 15) is 5.11 Å². The number of hydrogen-bond donors (Lipinski definition) is 1. The monoisotopic (exact) mass is 252 g/mol. The first-order chi connectivity index (χ1) is 6.72. The second kappa shape index (κ2) is 5.78. The summed E-state index contributed by atoms with van der Waals surface area (Å²) in [7, 11) is 0. The van der Waals surface area contributed by atoms with E-state index in [0.717, 1.165) is 10.0 Å². The van der Waals surface area contributed by atoms with Crippen LogP contribution < -0.4 is 0 Å². The molecule has 1 atom stereocenters. The Kier molecular flexibility index (Phi) is 4.63. The molecule has 0 amide bonds. The van der Waals surface area contributed by atoms with Crippen molar-refractivity contribution in [1.29, 1.82) is 0 Å². The second-order valence-corrected chi connectivity index (χ2v) is 3.92. The average molecular weight is 253 g/mol. The lowest BCUT2D eigenvalue weighted by Gasteiger charge is -1.99. The molecule has 0 aromatic heterocycles. The zero-order chi connectivity index (χ0) is 10.4. The Morgan fingerprint density at radius 1 is 1.36 bits per heavy atom. The van der Waals surface area contributed by atoms with Crippen molar-refractivity contribution in [2.24, 2.45) is 0 Å². The number of benzene rings is 1. The highest BCUT2D eigenvalue weighted by Gasteiger charge is 1.94. The SMILES string of the molecule is C=CC[C@H](O)/C=C/c1ccc(Br)cc1. The van der Waals surface area contributed by atoms with Crippen LogP contribution in [0.1, 0.15) is 12.0 Å². The average Bonchev–Trinajstić information content (AvgIpc) is 2.17. The first-order valence-electron chi connectivity index (χ1n) is 4.45. The van der Waals surface area contributed by atoms with E-state index < -0.39 is 6.10 Å². The van der Waals surface area contributed by atoms with Crippen molar-refractivity contribution in [3.63, 3.8) is 0 Å². The normalized spacial score (nSPS) is 13.0. The topological polar surface area (TPSA) is 20.2 Å². The third-order valence-electron chi connectivity index (χ3n) is 1.79. The van der Waals surface area contributed by atoms with Gasteiger partial charge in [-0.15, -0.1) is 6.58 Å². The van der Waals surface area contributed by atoms with Crippen molar-refractivity contribution >= 4 is 22.0 Å². The van der Waals surface area contributed by atoms with Gasteiger partial charge in [0.1, 0.15) is 0 Å². The van der Waals surface area contributed by atoms with E-state index in [1.807, 2.05) is 30.3 Å². The molecule has 0 heterocycles. The molecule has 0 spiro atoms. The molecule has 1 N–H and O–H groups in total. The molecule has 0 aliphatic heterocycles. The minimum absolute atomic E-state index is 0.434. The Hall–Kier alpha value is -0.860. The van der Waals surface area contributed by atoms with Gasteiger partial charge in [-0.05, 0) is 24.1 Å². The maximum absolute atomic E-state index is 9.40. The Morgan fingerprint density at radius 3 is 2.57 bits per heavy atom. The summed E-state index contributed by atoms with van der Waals surface area (Å²) in [6.07, 6.45) is 5.53. The number of rotatable bonds is 4. The van der Waals surface area contributed by atoms with Crippen LogP contribution in [0, 0.1) is 0 Å². The van der Waals surface area contributed by atoms with Crippen LogP contribution in [0.3, 0.4) is 0 Å². The summed E-state index contributed by atoms with van der Waals surface area (Å²) in [6, 6.07) is 7.92. The highest BCUT2D eigenvalue weighted by molar-refractivity contribution is 9.10. The molecule has 1 aromatic rings. The van der Waals surface area contributed by atoms with E-state index in [-0.39, 0.29) is 0 Å². The largest absolute Gasteiger partial charge is 0.389 e. The lowest BCUT2D eigenvalue weighted by Crippen LogP contribution is -1.98. The molecule has 14 heavy (non-hydrogen) atoms. The van der Waals surface area contributed by atoms with Crippen LogP contribution >= 0.6 is 15.9 Å². The first kappa shape index (κ1) is 11.2. The molecule has 1 rings (SSSR count). The smallest absolute Gasteiger partial charge is 0.0758 e. The minimum atomic E-state index is -0.434. The molecule has 1 aromatic carbocycles. The van der Waals surface area contributed by atoms with Crippen molar-refractivity contribution in [3.8, 4) is 0 Å². The molecule has 74 valence electrons. The molecule has 0 radical (unpaired) electrons. The summed E-state index contributed by atoms with van der Waals surface area (Å²) in [5.41, 5.74) is 1.08. The van der Waals surface area contributed by atoms with Crippen molar-refractivity contribution < 1.29 is 5.11 Å². The highest BCUT2D eigenvalue weighted by atomic mass is 79.9. The van der Waals surface area contributed by atoms with Crippen LogP contribution in [0.15, 0.2) is 47.5 Å². The number of halogens is 1. The number of aliphatic hydroxyl groups excluding tert-OH is 1. The van der Waals surface area contributed by atoms with Crippen molar-refractivity contribution in [2.75, 3.05) is 0 Å². The molecular weight excluding hydrogens is 240 g/mol. The van der Waals surface area contributed by atoms with Crippen LogP contribution in [0.4, 0.5) is 0 Å². The summed E-state index contributed by atoms with van der Waals surface area (Å²) in [5, 5.41) is 9.40. The highest BCUT2D eigenvalue weighted by Crippen LogP contribution is 2.11. The van der Waals surface area contributed by atoms with Crippen LogP contribution in [0.25, 0.3) is 6.08 Å². The molecule has 2 heteroatoms. The van der Waals surface area contributed by atoms with Gasteiger partial charge in [-0.3, -0.25) is 0 Å². The zero-order valence-corrected chi connectivity index (χ0v) is 9.44. The maximum Gasteiger partial charge on any atom is 0.0758 e. The third kappa shape index (κ3) is 3.90. The van der Waals surface area contributed by atoms with Gasteiger partial charge in [0.15, 0.2) is 0 Å².